The van der Waals surface area contributed by atoms with Gasteiger partial charge in [-0.3, -0.25) is 0 Å². The molecule has 2 aromatic rings. The summed E-state index contributed by atoms with van der Waals surface area (Å²) in [6, 6.07) is 0.311. The summed E-state index contributed by atoms with van der Waals surface area (Å²) >= 11 is 0. The van der Waals surface area contributed by atoms with Gasteiger partial charge in [0.05, 0.1) is 18.9 Å². The molecule has 0 aliphatic carbocycles. The standard InChI is InChI=1S/C7H10N6/c1-7(12-3-2-8-5-12)4-13-6-9-10-11-13/h2-3,5-7H,4H2,1H3. The van der Waals surface area contributed by atoms with E-state index in [0.717, 1.165) is 6.54 Å². The lowest BCUT2D eigenvalue weighted by molar-refractivity contribution is 0.429. The molecular weight excluding hydrogens is 168 g/mol. The summed E-state index contributed by atoms with van der Waals surface area (Å²) in [7, 11) is 0. The third-order valence-corrected chi connectivity index (χ3v) is 1.88. The van der Waals surface area contributed by atoms with Gasteiger partial charge >= 0.3 is 0 Å². The number of rotatable bonds is 3. The van der Waals surface area contributed by atoms with Crippen LogP contribution < -0.4 is 0 Å². The summed E-state index contributed by atoms with van der Waals surface area (Å²) in [5, 5.41) is 10.9. The SMILES string of the molecule is CC(Cn1cnnn1)n1ccnc1. The first-order valence-electron chi connectivity index (χ1n) is 4.04. The van der Waals surface area contributed by atoms with Crippen molar-refractivity contribution in [3.63, 3.8) is 0 Å². The predicted molar refractivity (Wildman–Crippen MR) is 44.8 cm³/mol. The van der Waals surface area contributed by atoms with E-state index in [1.807, 2.05) is 10.8 Å². The highest BCUT2D eigenvalue weighted by molar-refractivity contribution is 4.78. The third kappa shape index (κ3) is 1.71. The second kappa shape index (κ2) is 3.34. The first-order chi connectivity index (χ1) is 6.36. The van der Waals surface area contributed by atoms with E-state index in [4.69, 9.17) is 0 Å². The predicted octanol–water partition coefficient (Wildman–Crippen LogP) is 0.131. The van der Waals surface area contributed by atoms with Gasteiger partial charge < -0.3 is 4.57 Å². The van der Waals surface area contributed by atoms with Gasteiger partial charge in [0, 0.05) is 12.4 Å². The Morgan fingerprint density at radius 2 is 2.31 bits per heavy atom. The number of nitrogens with zero attached hydrogens (tertiary/aromatic N) is 6. The summed E-state index contributed by atoms with van der Waals surface area (Å²) in [5.74, 6) is 0. The van der Waals surface area contributed by atoms with Crippen LogP contribution >= 0.6 is 0 Å². The lowest BCUT2D eigenvalue weighted by Gasteiger charge is -2.11. The maximum absolute atomic E-state index is 3.97. The average Bonchev–Trinajstić information content (AvgIpc) is 2.74. The van der Waals surface area contributed by atoms with Gasteiger partial charge in [0.1, 0.15) is 6.33 Å². The van der Waals surface area contributed by atoms with E-state index < -0.39 is 0 Å². The largest absolute Gasteiger partial charge is 0.333 e. The van der Waals surface area contributed by atoms with E-state index in [9.17, 15) is 0 Å². The van der Waals surface area contributed by atoms with Crippen LogP contribution in [0.4, 0.5) is 0 Å². The molecule has 6 nitrogen and oxygen atoms in total. The van der Waals surface area contributed by atoms with Crippen LogP contribution in [-0.2, 0) is 6.54 Å². The van der Waals surface area contributed by atoms with Gasteiger partial charge in [-0.25, -0.2) is 9.67 Å². The molecule has 0 N–H and O–H groups in total. The van der Waals surface area contributed by atoms with Crippen molar-refractivity contribution in [1.29, 1.82) is 0 Å². The Balaban J connectivity index is 2.04. The normalized spacial score (nSPS) is 13.0. The van der Waals surface area contributed by atoms with Crippen molar-refractivity contribution in [2.45, 2.75) is 19.5 Å². The second-order valence-electron chi connectivity index (χ2n) is 2.89. The molecule has 0 spiro atoms. The molecule has 0 fully saturated rings. The summed E-state index contributed by atoms with van der Waals surface area (Å²) in [6.07, 6.45) is 7.08. The van der Waals surface area contributed by atoms with Crippen LogP contribution in [0.2, 0.25) is 0 Å². The van der Waals surface area contributed by atoms with E-state index in [0.29, 0.717) is 6.04 Å². The Morgan fingerprint density at radius 1 is 1.38 bits per heavy atom. The van der Waals surface area contributed by atoms with Crippen LogP contribution in [-0.4, -0.2) is 29.8 Å². The fourth-order valence-electron chi connectivity index (χ4n) is 1.16. The molecule has 0 amide bonds. The lowest BCUT2D eigenvalue weighted by atomic mass is 10.3. The molecule has 1 atom stereocenters. The number of aromatic nitrogens is 6. The monoisotopic (exact) mass is 178 g/mol. The van der Waals surface area contributed by atoms with Crippen molar-refractivity contribution < 1.29 is 0 Å². The molecule has 0 saturated heterocycles. The number of tetrazole rings is 1. The Morgan fingerprint density at radius 3 is 2.92 bits per heavy atom. The molecule has 13 heavy (non-hydrogen) atoms. The summed E-state index contributed by atoms with van der Waals surface area (Å²) in [4.78, 5) is 3.97. The topological polar surface area (TPSA) is 61.4 Å². The molecule has 0 aliphatic rings. The van der Waals surface area contributed by atoms with E-state index in [2.05, 4.69) is 27.4 Å². The fraction of sp³-hybridized carbons (Fsp3) is 0.429. The highest BCUT2D eigenvalue weighted by Crippen LogP contribution is 2.05. The maximum atomic E-state index is 3.97. The molecule has 2 heterocycles. The minimum Gasteiger partial charge on any atom is -0.333 e. The first-order valence-corrected chi connectivity index (χ1v) is 4.04. The zero-order valence-electron chi connectivity index (χ0n) is 7.28. The molecule has 2 aromatic heterocycles. The van der Waals surface area contributed by atoms with Gasteiger partial charge in [0.2, 0.25) is 0 Å². The quantitative estimate of drug-likeness (QED) is 0.670. The molecule has 0 radical (unpaired) electrons. The Bertz CT molecular complexity index is 337. The van der Waals surface area contributed by atoms with Gasteiger partial charge in [-0.05, 0) is 17.4 Å². The van der Waals surface area contributed by atoms with Crippen molar-refractivity contribution >= 4 is 0 Å². The van der Waals surface area contributed by atoms with Crippen molar-refractivity contribution in [2.24, 2.45) is 0 Å². The van der Waals surface area contributed by atoms with Gasteiger partial charge in [-0.2, -0.15) is 0 Å². The maximum Gasteiger partial charge on any atom is 0.138 e. The molecule has 68 valence electrons. The third-order valence-electron chi connectivity index (χ3n) is 1.88. The van der Waals surface area contributed by atoms with Crippen LogP contribution in [0.25, 0.3) is 0 Å². The van der Waals surface area contributed by atoms with Crippen LogP contribution in [0, 0.1) is 0 Å². The van der Waals surface area contributed by atoms with Crippen molar-refractivity contribution in [3.05, 3.63) is 25.0 Å². The molecule has 0 saturated carbocycles. The van der Waals surface area contributed by atoms with Crippen LogP contribution in [0.3, 0.4) is 0 Å². The van der Waals surface area contributed by atoms with Gasteiger partial charge in [0.25, 0.3) is 0 Å². The zero-order valence-corrected chi connectivity index (χ0v) is 7.28. The Kier molecular flexibility index (Phi) is 2.03. The highest BCUT2D eigenvalue weighted by atomic mass is 15.5. The number of hydrogen-bond donors (Lipinski definition) is 0. The Hall–Kier alpha value is -1.72. The minimum atomic E-state index is 0.311. The molecule has 6 heteroatoms. The summed E-state index contributed by atoms with van der Waals surface area (Å²) < 4.78 is 3.71. The lowest BCUT2D eigenvalue weighted by Crippen LogP contribution is -2.12. The molecule has 0 aromatic carbocycles. The Labute approximate surface area is 75.2 Å². The van der Waals surface area contributed by atoms with Crippen molar-refractivity contribution in [3.8, 4) is 0 Å². The van der Waals surface area contributed by atoms with E-state index in [1.165, 1.54) is 0 Å². The average molecular weight is 178 g/mol. The fourth-order valence-corrected chi connectivity index (χ4v) is 1.16. The molecular formula is C7H10N6. The zero-order chi connectivity index (χ0) is 9.10. The molecule has 0 aliphatic heterocycles. The van der Waals surface area contributed by atoms with Gasteiger partial charge in [-0.1, -0.05) is 0 Å². The summed E-state index contributed by atoms with van der Waals surface area (Å²) in [6.45, 7) is 2.84. The van der Waals surface area contributed by atoms with Crippen LogP contribution in [0.5, 0.6) is 0 Å². The van der Waals surface area contributed by atoms with Gasteiger partial charge in [0.15, 0.2) is 0 Å². The molecule has 0 bridgehead atoms. The van der Waals surface area contributed by atoms with Crippen LogP contribution in [0.1, 0.15) is 13.0 Å². The number of imidazole rings is 1. The minimum absolute atomic E-state index is 0.311. The second-order valence-corrected chi connectivity index (χ2v) is 2.89. The van der Waals surface area contributed by atoms with Gasteiger partial charge in [-0.15, -0.1) is 5.10 Å². The van der Waals surface area contributed by atoms with Crippen molar-refractivity contribution in [2.75, 3.05) is 0 Å². The number of hydrogen-bond acceptors (Lipinski definition) is 4. The summed E-state index contributed by atoms with van der Waals surface area (Å²) in [5.41, 5.74) is 0. The van der Waals surface area contributed by atoms with Crippen LogP contribution in [0.15, 0.2) is 25.0 Å². The van der Waals surface area contributed by atoms with E-state index in [1.54, 1.807) is 23.5 Å². The first kappa shape index (κ1) is 7.90. The van der Waals surface area contributed by atoms with E-state index >= 15 is 0 Å². The molecule has 2 rings (SSSR count). The smallest absolute Gasteiger partial charge is 0.138 e. The highest BCUT2D eigenvalue weighted by Gasteiger charge is 2.04. The van der Waals surface area contributed by atoms with Crippen molar-refractivity contribution in [1.82, 2.24) is 29.8 Å². The molecule has 1 unspecified atom stereocenters. The van der Waals surface area contributed by atoms with E-state index in [-0.39, 0.29) is 0 Å².